The molecule has 0 saturated carbocycles. The van der Waals surface area contributed by atoms with Crippen LogP contribution in [0, 0.1) is 5.92 Å². The molecule has 0 aliphatic heterocycles. The highest BCUT2D eigenvalue weighted by atomic mass is 16.5. The van der Waals surface area contributed by atoms with Gasteiger partial charge in [-0.3, -0.25) is 0 Å². The van der Waals surface area contributed by atoms with Crippen LogP contribution in [0.3, 0.4) is 0 Å². The molecule has 0 amide bonds. The summed E-state index contributed by atoms with van der Waals surface area (Å²) in [7, 11) is 0. The molecule has 1 atom stereocenters. The van der Waals surface area contributed by atoms with Gasteiger partial charge in [0.1, 0.15) is 12.4 Å². The fraction of sp³-hybridized carbons (Fsp3) is 0.600. The molecule has 0 bridgehead atoms. The van der Waals surface area contributed by atoms with Crippen molar-refractivity contribution in [3.8, 4) is 5.75 Å². The van der Waals surface area contributed by atoms with Gasteiger partial charge in [0.2, 0.25) is 0 Å². The Morgan fingerprint density at radius 3 is 2.29 bits per heavy atom. The Balaban J connectivity index is 2.22. The van der Waals surface area contributed by atoms with E-state index >= 15 is 0 Å². The maximum atomic E-state index is 5.67. The van der Waals surface area contributed by atoms with Gasteiger partial charge in [0.25, 0.3) is 0 Å². The van der Waals surface area contributed by atoms with Crippen molar-refractivity contribution in [3.63, 3.8) is 0 Å². The van der Waals surface area contributed by atoms with Crippen LogP contribution < -0.4 is 10.1 Å². The summed E-state index contributed by atoms with van der Waals surface area (Å²) in [6.45, 7) is 10.4. The lowest BCUT2D eigenvalue weighted by molar-refractivity contribution is 0.297. The van der Waals surface area contributed by atoms with Crippen LogP contribution >= 0.6 is 0 Å². The summed E-state index contributed by atoms with van der Waals surface area (Å²) in [5.74, 6) is 1.63. The Morgan fingerprint density at radius 1 is 1.12 bits per heavy atom. The first-order valence-corrected chi connectivity index (χ1v) is 6.58. The average molecular weight is 235 g/mol. The Kier molecular flexibility index (Phi) is 6.06. The SMILES string of the molecule is CCc1ccc(OCCNC(C)C(C)C)cc1. The first-order valence-electron chi connectivity index (χ1n) is 6.58. The first-order chi connectivity index (χ1) is 8.13. The van der Waals surface area contributed by atoms with E-state index in [2.05, 4.69) is 45.1 Å². The van der Waals surface area contributed by atoms with Crippen LogP contribution in [-0.2, 0) is 6.42 Å². The number of ether oxygens (including phenoxy) is 1. The van der Waals surface area contributed by atoms with E-state index in [-0.39, 0.29) is 0 Å². The van der Waals surface area contributed by atoms with E-state index in [1.165, 1.54) is 5.56 Å². The van der Waals surface area contributed by atoms with Gasteiger partial charge in [-0.2, -0.15) is 0 Å². The van der Waals surface area contributed by atoms with E-state index in [0.29, 0.717) is 12.0 Å². The van der Waals surface area contributed by atoms with Crippen molar-refractivity contribution in [3.05, 3.63) is 29.8 Å². The molecule has 0 spiro atoms. The molecule has 0 aliphatic rings. The van der Waals surface area contributed by atoms with E-state index in [4.69, 9.17) is 4.74 Å². The molecular formula is C15H25NO. The van der Waals surface area contributed by atoms with Gasteiger partial charge < -0.3 is 10.1 Å². The summed E-state index contributed by atoms with van der Waals surface area (Å²) in [6.07, 6.45) is 1.08. The van der Waals surface area contributed by atoms with Gasteiger partial charge in [0, 0.05) is 12.6 Å². The summed E-state index contributed by atoms with van der Waals surface area (Å²) < 4.78 is 5.67. The molecular weight excluding hydrogens is 210 g/mol. The van der Waals surface area contributed by atoms with Crippen molar-refractivity contribution in [1.82, 2.24) is 5.32 Å². The van der Waals surface area contributed by atoms with Crippen molar-refractivity contribution in [2.75, 3.05) is 13.2 Å². The Morgan fingerprint density at radius 2 is 1.76 bits per heavy atom. The van der Waals surface area contributed by atoms with E-state index < -0.39 is 0 Å². The minimum absolute atomic E-state index is 0.543. The van der Waals surface area contributed by atoms with E-state index in [9.17, 15) is 0 Å². The van der Waals surface area contributed by atoms with E-state index in [0.717, 1.165) is 25.3 Å². The van der Waals surface area contributed by atoms with Crippen LogP contribution in [0.5, 0.6) is 5.75 Å². The molecule has 0 saturated heterocycles. The summed E-state index contributed by atoms with van der Waals surface area (Å²) in [6, 6.07) is 8.88. The summed E-state index contributed by atoms with van der Waals surface area (Å²) in [5, 5.41) is 3.45. The van der Waals surface area contributed by atoms with Gasteiger partial charge >= 0.3 is 0 Å². The Bertz CT molecular complexity index is 305. The molecule has 96 valence electrons. The van der Waals surface area contributed by atoms with Gasteiger partial charge in [-0.05, 0) is 37.0 Å². The largest absolute Gasteiger partial charge is 0.492 e. The maximum absolute atomic E-state index is 5.67. The van der Waals surface area contributed by atoms with Crippen LogP contribution in [0.25, 0.3) is 0 Å². The molecule has 0 radical (unpaired) electrons. The lowest BCUT2D eigenvalue weighted by Crippen LogP contribution is -2.33. The summed E-state index contributed by atoms with van der Waals surface area (Å²) in [5.41, 5.74) is 1.35. The average Bonchev–Trinajstić information content (AvgIpc) is 2.35. The smallest absolute Gasteiger partial charge is 0.119 e. The molecule has 1 aromatic rings. The van der Waals surface area contributed by atoms with Gasteiger partial charge in [0.15, 0.2) is 0 Å². The van der Waals surface area contributed by atoms with Crippen LogP contribution in [0.2, 0.25) is 0 Å². The number of hydrogen-bond donors (Lipinski definition) is 1. The molecule has 0 heterocycles. The Hall–Kier alpha value is -1.02. The van der Waals surface area contributed by atoms with Gasteiger partial charge in [-0.1, -0.05) is 32.9 Å². The van der Waals surface area contributed by atoms with Crippen molar-refractivity contribution in [1.29, 1.82) is 0 Å². The third-order valence-corrected chi connectivity index (χ3v) is 3.17. The zero-order chi connectivity index (χ0) is 12.7. The second-order valence-electron chi connectivity index (χ2n) is 4.83. The molecule has 0 fully saturated rings. The van der Waals surface area contributed by atoms with Crippen LogP contribution in [0.4, 0.5) is 0 Å². The maximum Gasteiger partial charge on any atom is 0.119 e. The fourth-order valence-electron chi connectivity index (χ4n) is 1.51. The van der Waals surface area contributed by atoms with E-state index in [1.54, 1.807) is 0 Å². The van der Waals surface area contributed by atoms with Crippen LogP contribution in [0.1, 0.15) is 33.3 Å². The zero-order valence-electron chi connectivity index (χ0n) is 11.5. The summed E-state index contributed by atoms with van der Waals surface area (Å²) in [4.78, 5) is 0. The third kappa shape index (κ3) is 5.22. The molecule has 1 rings (SSSR count). The summed E-state index contributed by atoms with van der Waals surface area (Å²) >= 11 is 0. The molecule has 0 aromatic heterocycles. The minimum atomic E-state index is 0.543. The van der Waals surface area contributed by atoms with Crippen molar-refractivity contribution in [2.45, 2.75) is 40.2 Å². The van der Waals surface area contributed by atoms with Crippen LogP contribution in [-0.4, -0.2) is 19.2 Å². The number of rotatable bonds is 7. The quantitative estimate of drug-likeness (QED) is 0.732. The fourth-order valence-corrected chi connectivity index (χ4v) is 1.51. The standard InChI is InChI=1S/C15H25NO/c1-5-14-6-8-15(9-7-14)17-11-10-16-13(4)12(2)3/h6-9,12-13,16H,5,10-11H2,1-4H3. The second-order valence-corrected chi connectivity index (χ2v) is 4.83. The van der Waals surface area contributed by atoms with Crippen molar-refractivity contribution >= 4 is 0 Å². The van der Waals surface area contributed by atoms with Crippen LogP contribution in [0.15, 0.2) is 24.3 Å². The molecule has 1 N–H and O–H groups in total. The predicted molar refractivity (Wildman–Crippen MR) is 73.6 cm³/mol. The number of hydrogen-bond acceptors (Lipinski definition) is 2. The molecule has 1 aromatic carbocycles. The third-order valence-electron chi connectivity index (χ3n) is 3.17. The molecule has 2 nitrogen and oxygen atoms in total. The number of benzene rings is 1. The normalized spacial score (nSPS) is 12.8. The predicted octanol–water partition coefficient (Wildman–Crippen LogP) is 3.26. The first kappa shape index (κ1) is 14.0. The second kappa shape index (κ2) is 7.33. The molecule has 0 aliphatic carbocycles. The molecule has 1 unspecified atom stereocenters. The highest BCUT2D eigenvalue weighted by molar-refractivity contribution is 5.27. The zero-order valence-corrected chi connectivity index (χ0v) is 11.5. The number of aryl methyl sites for hydroxylation is 1. The minimum Gasteiger partial charge on any atom is -0.492 e. The highest BCUT2D eigenvalue weighted by Crippen LogP contribution is 2.12. The Labute approximate surface area is 105 Å². The van der Waals surface area contributed by atoms with Gasteiger partial charge in [0.05, 0.1) is 0 Å². The molecule has 2 heteroatoms. The lowest BCUT2D eigenvalue weighted by Gasteiger charge is -2.17. The van der Waals surface area contributed by atoms with Gasteiger partial charge in [-0.25, -0.2) is 0 Å². The highest BCUT2D eigenvalue weighted by Gasteiger charge is 2.04. The topological polar surface area (TPSA) is 21.3 Å². The van der Waals surface area contributed by atoms with Crippen molar-refractivity contribution in [2.24, 2.45) is 5.92 Å². The van der Waals surface area contributed by atoms with E-state index in [1.807, 2.05) is 12.1 Å². The monoisotopic (exact) mass is 235 g/mol. The number of nitrogens with one attached hydrogen (secondary N) is 1. The van der Waals surface area contributed by atoms with Gasteiger partial charge in [-0.15, -0.1) is 0 Å². The lowest BCUT2D eigenvalue weighted by atomic mass is 10.1. The molecule has 17 heavy (non-hydrogen) atoms. The van der Waals surface area contributed by atoms with Crippen molar-refractivity contribution < 1.29 is 4.74 Å².